The van der Waals surface area contributed by atoms with E-state index in [1.165, 1.54) is 0 Å². The minimum atomic E-state index is -0.733. The number of isothiocyanates is 1. The van der Waals surface area contributed by atoms with Gasteiger partial charge in [0.1, 0.15) is 6.54 Å². The molecule has 0 amide bonds. The highest BCUT2D eigenvalue weighted by molar-refractivity contribution is 7.78. The molecule has 5 nitrogen and oxygen atoms in total. The topological polar surface area (TPSA) is 55.7 Å². The highest BCUT2D eigenvalue weighted by Crippen LogP contribution is 2.08. The third-order valence-electron chi connectivity index (χ3n) is 3.29. The Balaban J connectivity index is 0. The van der Waals surface area contributed by atoms with Gasteiger partial charge in [0, 0.05) is 6.42 Å². The van der Waals surface area contributed by atoms with E-state index in [9.17, 15) is 9.59 Å². The summed E-state index contributed by atoms with van der Waals surface area (Å²) in [6.07, 6.45) is 0.821. The number of esters is 1. The maximum Gasteiger partial charge on any atom is 0.380 e. The van der Waals surface area contributed by atoms with Gasteiger partial charge in [-0.1, -0.05) is 0 Å². The van der Waals surface area contributed by atoms with Gasteiger partial charge in [-0.25, -0.2) is 9.79 Å². The van der Waals surface area contributed by atoms with Crippen LogP contribution in [0, 0.1) is 0 Å². The lowest BCUT2D eigenvalue weighted by molar-refractivity contribution is -0.917. The largest absolute Gasteiger partial charge is 1.00 e. The number of hydrogen-bond donors (Lipinski definition) is 0. The second kappa shape index (κ2) is 12.1. The fourth-order valence-electron chi connectivity index (χ4n) is 1.95. The Hall–Kier alpha value is -0.620. The van der Waals surface area contributed by atoms with Crippen LogP contribution in [-0.4, -0.2) is 60.7 Å². The van der Waals surface area contributed by atoms with E-state index in [4.69, 9.17) is 4.74 Å². The lowest BCUT2D eigenvalue weighted by atomic mass is 10.2. The second-order valence-electron chi connectivity index (χ2n) is 4.33. The first-order chi connectivity index (χ1) is 9.05. The lowest BCUT2D eigenvalue weighted by Gasteiger charge is -2.35. The van der Waals surface area contributed by atoms with Crippen molar-refractivity contribution in [2.45, 2.75) is 27.2 Å². The number of likely N-dealkylation sites (N-methyl/N-ethyl adjacent to an activating group) is 1. The van der Waals surface area contributed by atoms with Crippen LogP contribution in [0.3, 0.4) is 0 Å². The maximum atomic E-state index is 11.8. The molecule has 0 aliphatic rings. The molecule has 0 aromatic rings. The predicted molar refractivity (Wildman–Crippen MR) is 77.2 cm³/mol. The van der Waals surface area contributed by atoms with Crippen LogP contribution in [0.4, 0.5) is 0 Å². The SMILES string of the molecule is CCOC(=O)C(=O)C[N+](CC)(CC)CCCN=C=S.[Br-]. The molecule has 0 atom stereocenters. The Morgan fingerprint density at radius 3 is 2.30 bits per heavy atom. The van der Waals surface area contributed by atoms with Crippen molar-refractivity contribution in [3.8, 4) is 0 Å². The Morgan fingerprint density at radius 1 is 1.25 bits per heavy atom. The fraction of sp³-hybridized carbons (Fsp3) is 0.769. The van der Waals surface area contributed by atoms with Crippen molar-refractivity contribution in [3.63, 3.8) is 0 Å². The maximum absolute atomic E-state index is 11.8. The van der Waals surface area contributed by atoms with Crippen LogP contribution in [0.1, 0.15) is 27.2 Å². The van der Waals surface area contributed by atoms with Crippen LogP contribution in [0.2, 0.25) is 0 Å². The molecule has 0 aliphatic heterocycles. The van der Waals surface area contributed by atoms with Crippen LogP contribution in [0.25, 0.3) is 0 Å². The molecule has 0 bridgehead atoms. The molecule has 0 radical (unpaired) electrons. The highest BCUT2D eigenvalue weighted by Gasteiger charge is 2.30. The Kier molecular flexibility index (Phi) is 13.2. The highest BCUT2D eigenvalue weighted by atomic mass is 79.9. The van der Waals surface area contributed by atoms with Crippen LogP contribution >= 0.6 is 12.2 Å². The van der Waals surface area contributed by atoms with Gasteiger partial charge in [-0.15, -0.1) is 0 Å². The minimum Gasteiger partial charge on any atom is -1.00 e. The Labute approximate surface area is 136 Å². The zero-order valence-electron chi connectivity index (χ0n) is 12.4. The Bertz CT molecular complexity index is 354. The third kappa shape index (κ3) is 7.85. The van der Waals surface area contributed by atoms with Gasteiger partial charge in [-0.3, -0.25) is 4.79 Å². The van der Waals surface area contributed by atoms with Crippen LogP contribution in [0.5, 0.6) is 0 Å². The second-order valence-corrected chi connectivity index (χ2v) is 4.51. The standard InChI is InChI=1S/C13H23N2O3S.BrH/c1-4-15(5-2,9-7-8-14-11-19)10-12(16)13(17)18-6-3;/h4-10H2,1-3H3;1H/q+1;/p-1. The van der Waals surface area contributed by atoms with Crippen LogP contribution < -0.4 is 17.0 Å². The number of carbonyl (C=O) groups excluding carboxylic acids is 2. The van der Waals surface area contributed by atoms with E-state index in [1.54, 1.807) is 6.92 Å². The van der Waals surface area contributed by atoms with Gasteiger partial charge in [0.15, 0.2) is 0 Å². The van der Waals surface area contributed by atoms with Crippen molar-refractivity contribution in [2.75, 3.05) is 39.3 Å². The summed E-state index contributed by atoms with van der Waals surface area (Å²) in [6.45, 7) is 9.13. The van der Waals surface area contributed by atoms with Gasteiger partial charge in [0.05, 0.1) is 37.9 Å². The molecule has 0 saturated carbocycles. The van der Waals surface area contributed by atoms with E-state index in [2.05, 4.69) is 22.4 Å². The molecule has 0 fully saturated rings. The van der Waals surface area contributed by atoms with Crippen molar-refractivity contribution in [3.05, 3.63) is 0 Å². The van der Waals surface area contributed by atoms with E-state index < -0.39 is 11.8 Å². The summed E-state index contributed by atoms with van der Waals surface area (Å²) in [5, 5.41) is 2.33. The van der Waals surface area contributed by atoms with Gasteiger partial charge in [0.2, 0.25) is 0 Å². The van der Waals surface area contributed by atoms with Gasteiger partial charge in [-0.05, 0) is 33.0 Å². The normalized spacial score (nSPS) is 10.2. The number of carbonyl (C=O) groups is 2. The van der Waals surface area contributed by atoms with E-state index in [0.29, 0.717) is 11.0 Å². The summed E-state index contributed by atoms with van der Waals surface area (Å²) in [5.74, 6) is -1.19. The average Bonchev–Trinajstić information content (AvgIpc) is 2.42. The molecule has 0 aliphatic carbocycles. The minimum absolute atomic E-state index is 0. The number of halogens is 1. The summed E-state index contributed by atoms with van der Waals surface area (Å²) in [4.78, 5) is 27.1. The molecular formula is C13H23BrN2O3S. The zero-order chi connectivity index (χ0) is 14.7. The van der Waals surface area contributed by atoms with Crippen molar-refractivity contribution < 1.29 is 35.8 Å². The molecule has 0 heterocycles. The van der Waals surface area contributed by atoms with Crippen LogP contribution in [-0.2, 0) is 14.3 Å². The first kappa shape index (κ1) is 21.7. The molecule has 7 heteroatoms. The first-order valence-electron chi connectivity index (χ1n) is 6.63. The number of quaternary nitrogens is 1. The molecule has 0 aromatic heterocycles. The van der Waals surface area contributed by atoms with Gasteiger partial charge in [-0.2, -0.15) is 0 Å². The number of thiocarbonyl (C=S) groups is 1. The van der Waals surface area contributed by atoms with E-state index in [-0.39, 0.29) is 30.1 Å². The molecule has 0 spiro atoms. The van der Waals surface area contributed by atoms with Crippen molar-refractivity contribution in [1.29, 1.82) is 0 Å². The summed E-state index contributed by atoms with van der Waals surface area (Å²) < 4.78 is 5.31. The summed E-state index contributed by atoms with van der Waals surface area (Å²) >= 11 is 4.51. The van der Waals surface area contributed by atoms with Gasteiger partial charge >= 0.3 is 5.97 Å². The predicted octanol–water partition coefficient (Wildman–Crippen LogP) is -1.53. The quantitative estimate of drug-likeness (QED) is 0.117. The fourth-order valence-corrected chi connectivity index (χ4v) is 2.05. The number of hydrogen-bond acceptors (Lipinski definition) is 5. The number of Topliss-reactive ketones (excluding diaryl/α,β-unsaturated/α-hetero) is 1. The van der Waals surface area contributed by atoms with Crippen molar-refractivity contribution >= 4 is 29.1 Å². The van der Waals surface area contributed by atoms with E-state index in [1.807, 2.05) is 13.8 Å². The lowest BCUT2D eigenvalue weighted by Crippen LogP contribution is -3.00. The van der Waals surface area contributed by atoms with Gasteiger partial charge < -0.3 is 26.2 Å². The molecule has 116 valence electrons. The third-order valence-corrected chi connectivity index (χ3v) is 3.42. The molecular weight excluding hydrogens is 344 g/mol. The number of ketones is 1. The molecule has 0 N–H and O–H groups in total. The first-order valence-corrected chi connectivity index (χ1v) is 7.04. The zero-order valence-corrected chi connectivity index (χ0v) is 14.8. The van der Waals surface area contributed by atoms with E-state index in [0.717, 1.165) is 26.1 Å². The molecule has 0 unspecified atom stereocenters. The van der Waals surface area contributed by atoms with E-state index >= 15 is 0 Å². The summed E-state index contributed by atoms with van der Waals surface area (Å²) in [5.41, 5.74) is 0. The smallest absolute Gasteiger partial charge is 0.380 e. The summed E-state index contributed by atoms with van der Waals surface area (Å²) in [6, 6.07) is 0. The average molecular weight is 367 g/mol. The number of aliphatic imine (C=N–C) groups is 1. The summed E-state index contributed by atoms with van der Waals surface area (Å²) in [7, 11) is 0. The van der Waals surface area contributed by atoms with Crippen molar-refractivity contribution in [1.82, 2.24) is 0 Å². The number of nitrogens with zero attached hydrogens (tertiary/aromatic N) is 2. The van der Waals surface area contributed by atoms with Crippen molar-refractivity contribution in [2.24, 2.45) is 4.99 Å². The van der Waals surface area contributed by atoms with Gasteiger partial charge in [0.25, 0.3) is 5.78 Å². The number of rotatable bonds is 10. The Morgan fingerprint density at radius 2 is 1.85 bits per heavy atom. The van der Waals surface area contributed by atoms with Crippen LogP contribution in [0.15, 0.2) is 4.99 Å². The molecule has 0 aromatic carbocycles. The molecule has 0 saturated heterocycles. The number of ether oxygens (including phenoxy) is 1. The molecule has 20 heavy (non-hydrogen) atoms. The molecule has 0 rings (SSSR count). The monoisotopic (exact) mass is 366 g/mol.